The lowest BCUT2D eigenvalue weighted by Gasteiger charge is -2.66. The van der Waals surface area contributed by atoms with Crippen LogP contribution in [0.2, 0.25) is 10.0 Å². The first-order chi connectivity index (χ1) is 20.8. The van der Waals surface area contributed by atoms with E-state index in [1.807, 2.05) is 24.3 Å². The number of carbonyl (C=O) groups is 1. The van der Waals surface area contributed by atoms with Gasteiger partial charge in [0.2, 0.25) is 0 Å². The average Bonchev–Trinajstić information content (AvgIpc) is 3.72. The van der Waals surface area contributed by atoms with Gasteiger partial charge in [-0.3, -0.25) is 9.69 Å². The summed E-state index contributed by atoms with van der Waals surface area (Å²) in [4.78, 5) is 16.1. The van der Waals surface area contributed by atoms with Crippen molar-refractivity contribution in [3.63, 3.8) is 0 Å². The summed E-state index contributed by atoms with van der Waals surface area (Å²) in [5.41, 5.74) is 0.475. The van der Waals surface area contributed by atoms with Crippen molar-refractivity contribution >= 4 is 40.5 Å². The van der Waals surface area contributed by atoms with E-state index in [1.165, 1.54) is 12.8 Å². The number of benzene rings is 2. The number of allylic oxidation sites excluding steroid dienone is 3. The smallest absolute Gasteiger partial charge is 0.310 e. The van der Waals surface area contributed by atoms with Crippen LogP contribution in [-0.2, 0) is 20.7 Å². The molecule has 43 heavy (non-hydrogen) atoms. The summed E-state index contributed by atoms with van der Waals surface area (Å²) in [6.45, 7) is 1.92. The Balaban J connectivity index is 1.06. The Kier molecular flexibility index (Phi) is 6.57. The number of aliphatic hydroxyl groups excluding tert-OH is 1. The lowest BCUT2D eigenvalue weighted by Crippen LogP contribution is -2.77. The number of halogens is 2. The van der Waals surface area contributed by atoms with Gasteiger partial charge in [-0.25, -0.2) is 0 Å². The Morgan fingerprint density at radius 2 is 1.88 bits per heavy atom. The Bertz CT molecular complexity index is 1520. The monoisotopic (exact) mass is 622 g/mol. The molecular weight excluding hydrogens is 587 g/mol. The minimum Gasteiger partial charge on any atom is -0.504 e. The molecule has 2 aromatic rings. The normalized spacial score (nSPS) is 35.7. The molecule has 0 aromatic heterocycles. The van der Waals surface area contributed by atoms with E-state index in [0.717, 1.165) is 43.1 Å². The molecule has 1 spiro atoms. The van der Waals surface area contributed by atoms with Gasteiger partial charge in [-0.2, -0.15) is 0 Å². The minimum absolute atomic E-state index is 0.0321. The number of para-hydroxylation sites is 2. The number of likely N-dealkylation sites (tertiary alicyclic amines) is 1. The number of piperidine rings is 1. The van der Waals surface area contributed by atoms with Gasteiger partial charge in [-0.05, 0) is 86.7 Å². The minimum atomic E-state index is -0.965. The molecule has 6 unspecified atom stereocenters. The molecule has 3 saturated carbocycles. The fraction of sp³-hybridized carbons (Fsp3) is 0.500. The number of aliphatic hydroxyl groups is 2. The quantitative estimate of drug-likeness (QED) is 0.301. The summed E-state index contributed by atoms with van der Waals surface area (Å²) in [6.07, 6.45) is 8.07. The highest BCUT2D eigenvalue weighted by atomic mass is 35.5. The second kappa shape index (κ2) is 10.2. The van der Waals surface area contributed by atoms with Crippen LogP contribution < -0.4 is 5.32 Å². The number of nitrogens with one attached hydrogen (secondary N) is 1. The fourth-order valence-corrected chi connectivity index (χ4v) is 9.57. The fourth-order valence-electron chi connectivity index (χ4n) is 9.08. The number of hydrogen-bond acceptors (Lipinski definition) is 7. The number of nitrogens with zero attached hydrogens (tertiary/aromatic N) is 1. The van der Waals surface area contributed by atoms with E-state index in [-0.39, 0.29) is 36.0 Å². The highest BCUT2D eigenvalue weighted by Gasteiger charge is 2.77. The van der Waals surface area contributed by atoms with E-state index >= 15 is 0 Å². The van der Waals surface area contributed by atoms with E-state index in [2.05, 4.69) is 16.3 Å². The third-order valence-corrected chi connectivity index (χ3v) is 11.7. The molecule has 2 aromatic carbocycles. The van der Waals surface area contributed by atoms with Crippen LogP contribution in [0.4, 0.5) is 11.4 Å². The number of anilines is 2. The zero-order valence-corrected chi connectivity index (χ0v) is 25.4. The first kappa shape index (κ1) is 27.8. The van der Waals surface area contributed by atoms with E-state index in [1.54, 1.807) is 24.3 Å². The van der Waals surface area contributed by atoms with Gasteiger partial charge in [0.05, 0.1) is 33.2 Å². The molecule has 2 heterocycles. The third kappa shape index (κ3) is 4.26. The van der Waals surface area contributed by atoms with Gasteiger partial charge in [0.1, 0.15) is 18.0 Å². The second-order valence-electron chi connectivity index (χ2n) is 13.3. The van der Waals surface area contributed by atoms with Crippen molar-refractivity contribution < 1.29 is 24.5 Å². The SMILES string of the molecule is O=C(Cc1ccccc1Nc1c(Cl)cccc1Cl)OC1CC[C@@]2(O)C3CC4C=CC(O)=C5OC1C2(CCN3CC1CC1)C54. The molecule has 6 aliphatic rings. The Labute approximate surface area is 261 Å². The molecule has 226 valence electrons. The van der Waals surface area contributed by atoms with Gasteiger partial charge >= 0.3 is 5.97 Å². The van der Waals surface area contributed by atoms with E-state index < -0.39 is 23.2 Å². The van der Waals surface area contributed by atoms with Gasteiger partial charge in [0, 0.05) is 24.2 Å². The van der Waals surface area contributed by atoms with Crippen molar-refractivity contribution in [3.8, 4) is 0 Å². The summed E-state index contributed by atoms with van der Waals surface area (Å²) < 4.78 is 12.9. The zero-order valence-electron chi connectivity index (χ0n) is 23.8. The van der Waals surface area contributed by atoms with Gasteiger partial charge in [-0.15, -0.1) is 0 Å². The molecule has 7 atom stereocenters. The van der Waals surface area contributed by atoms with Crippen LogP contribution in [-0.4, -0.2) is 58.0 Å². The van der Waals surface area contributed by atoms with Crippen LogP contribution in [0, 0.1) is 23.2 Å². The predicted octanol–water partition coefficient (Wildman–Crippen LogP) is 6.56. The number of ether oxygens (including phenoxy) is 2. The van der Waals surface area contributed by atoms with E-state index in [9.17, 15) is 15.0 Å². The van der Waals surface area contributed by atoms with Crippen LogP contribution in [0.5, 0.6) is 0 Å². The van der Waals surface area contributed by atoms with Crippen LogP contribution in [0.3, 0.4) is 0 Å². The van der Waals surface area contributed by atoms with Crippen molar-refractivity contribution in [2.45, 2.75) is 68.8 Å². The topological polar surface area (TPSA) is 91.3 Å². The molecular formula is C34H36Cl2N2O5. The maximum atomic E-state index is 13.6. The van der Waals surface area contributed by atoms with Crippen molar-refractivity contribution in [3.05, 3.63) is 81.7 Å². The largest absolute Gasteiger partial charge is 0.504 e. The lowest BCUT2D eigenvalue weighted by atomic mass is 9.44. The molecule has 2 bridgehead atoms. The lowest BCUT2D eigenvalue weighted by molar-refractivity contribution is -0.270. The average molecular weight is 624 g/mol. The summed E-state index contributed by atoms with van der Waals surface area (Å²) in [7, 11) is 0. The molecule has 4 aliphatic carbocycles. The molecule has 3 N–H and O–H groups in total. The molecule has 9 heteroatoms. The van der Waals surface area contributed by atoms with E-state index in [4.69, 9.17) is 32.7 Å². The predicted molar refractivity (Wildman–Crippen MR) is 164 cm³/mol. The second-order valence-corrected chi connectivity index (χ2v) is 14.1. The van der Waals surface area contributed by atoms with Gasteiger partial charge in [0.25, 0.3) is 0 Å². The molecule has 2 saturated heterocycles. The Morgan fingerprint density at radius 1 is 1.09 bits per heavy atom. The summed E-state index contributed by atoms with van der Waals surface area (Å²) >= 11 is 12.8. The highest BCUT2D eigenvalue weighted by molar-refractivity contribution is 6.39. The molecule has 7 nitrogen and oxygen atoms in total. The summed E-state index contributed by atoms with van der Waals surface area (Å²) in [5, 5.41) is 27.8. The van der Waals surface area contributed by atoms with Crippen molar-refractivity contribution in [1.29, 1.82) is 0 Å². The van der Waals surface area contributed by atoms with Gasteiger partial charge < -0.3 is 25.0 Å². The molecule has 2 aliphatic heterocycles. The van der Waals surface area contributed by atoms with Crippen molar-refractivity contribution in [2.75, 3.05) is 18.4 Å². The van der Waals surface area contributed by atoms with Crippen LogP contribution >= 0.6 is 23.2 Å². The van der Waals surface area contributed by atoms with Gasteiger partial charge in [-0.1, -0.05) is 53.5 Å². The maximum absolute atomic E-state index is 13.6. The molecule has 5 fully saturated rings. The van der Waals surface area contributed by atoms with Crippen LogP contribution in [0.15, 0.2) is 66.1 Å². The molecule has 0 radical (unpaired) electrons. The highest BCUT2D eigenvalue weighted by Crippen LogP contribution is 2.70. The van der Waals surface area contributed by atoms with Crippen LogP contribution in [0.1, 0.15) is 44.1 Å². The maximum Gasteiger partial charge on any atom is 0.310 e. The first-order valence-electron chi connectivity index (χ1n) is 15.5. The van der Waals surface area contributed by atoms with E-state index in [0.29, 0.717) is 34.3 Å². The molecule has 0 amide bonds. The zero-order chi connectivity index (χ0) is 29.5. The number of esters is 1. The third-order valence-electron chi connectivity index (χ3n) is 11.1. The molecule has 8 rings (SSSR count). The van der Waals surface area contributed by atoms with Crippen molar-refractivity contribution in [2.24, 2.45) is 23.2 Å². The summed E-state index contributed by atoms with van der Waals surface area (Å²) in [6, 6.07) is 12.9. The van der Waals surface area contributed by atoms with Gasteiger partial charge in [0.15, 0.2) is 5.76 Å². The van der Waals surface area contributed by atoms with Crippen LogP contribution in [0.25, 0.3) is 0 Å². The number of hydrogen-bond donors (Lipinski definition) is 3. The number of carbonyl (C=O) groups excluding carboxylic acids is 1. The Hall–Kier alpha value is -2.71. The first-order valence-corrected chi connectivity index (χ1v) is 16.3. The van der Waals surface area contributed by atoms with Crippen molar-refractivity contribution in [1.82, 2.24) is 4.90 Å². The standard InChI is InChI=1S/C34H36Cl2N2O5/c35-22-5-3-6-23(36)30(22)37-24-7-2-1-4-20(24)17-28(40)42-26-12-13-34(41)27-16-21-10-11-25(39)31-29(21)33(34,32(26)43-31)14-15-38(27)18-19-8-9-19/h1-7,10-11,19,21,26-27,29,32,37,39,41H,8-9,12-18H2/t21?,26?,27?,29?,32?,33?,34-/m1/s1. The Morgan fingerprint density at radius 3 is 2.67 bits per heavy atom. The summed E-state index contributed by atoms with van der Waals surface area (Å²) in [5.74, 6) is 1.13. The number of rotatable bonds is 7.